The third-order valence-electron chi connectivity index (χ3n) is 5.75. The molecule has 1 aliphatic heterocycles. The number of guanidine groups is 1. The van der Waals surface area contributed by atoms with Crippen LogP contribution < -0.4 is 10.6 Å². The molecule has 0 spiro atoms. The first-order valence-electron chi connectivity index (χ1n) is 10.6. The average molecular weight is 535 g/mol. The molecule has 1 saturated carbocycles. The normalized spacial score (nSPS) is 23.4. The standard InChI is InChI=1S/C21H34N4O2S.HI/c1-3-22-21(24-19-10-6-17(2)7-11-19)23-16-18-8-12-20(13-9-18)28(26,27)25-14-4-5-15-25;/h8-9,12-13,17,19H,3-7,10-11,14-16H2,1-2H3,(H2,22,23,24);1H. The molecule has 6 nitrogen and oxygen atoms in total. The van der Waals surface area contributed by atoms with E-state index in [0.717, 1.165) is 36.8 Å². The molecule has 0 bridgehead atoms. The Labute approximate surface area is 193 Å². The van der Waals surface area contributed by atoms with Crippen LogP contribution in [0.5, 0.6) is 0 Å². The Hall–Kier alpha value is -0.870. The number of rotatable bonds is 6. The Morgan fingerprint density at radius 2 is 1.72 bits per heavy atom. The predicted molar refractivity (Wildman–Crippen MR) is 129 cm³/mol. The van der Waals surface area contributed by atoms with Gasteiger partial charge in [-0.15, -0.1) is 24.0 Å². The topological polar surface area (TPSA) is 73.8 Å². The van der Waals surface area contributed by atoms with E-state index >= 15 is 0 Å². The molecule has 2 aliphatic rings. The van der Waals surface area contributed by atoms with Crippen LogP contribution in [0.2, 0.25) is 0 Å². The predicted octanol–water partition coefficient (Wildman–Crippen LogP) is 3.72. The lowest BCUT2D eigenvalue weighted by molar-refractivity contribution is 0.329. The van der Waals surface area contributed by atoms with Gasteiger partial charge in [0, 0.05) is 25.7 Å². The monoisotopic (exact) mass is 534 g/mol. The molecule has 2 N–H and O–H groups in total. The zero-order valence-corrected chi connectivity index (χ0v) is 20.7. The van der Waals surface area contributed by atoms with E-state index in [9.17, 15) is 8.42 Å². The van der Waals surface area contributed by atoms with Crippen LogP contribution in [0.4, 0.5) is 0 Å². The van der Waals surface area contributed by atoms with E-state index in [1.165, 1.54) is 25.7 Å². The smallest absolute Gasteiger partial charge is 0.243 e. The molecule has 1 saturated heterocycles. The SMILES string of the molecule is CCNC(=NCc1ccc(S(=O)(=O)N2CCCC2)cc1)NC1CCC(C)CC1.I. The summed E-state index contributed by atoms with van der Waals surface area (Å²) in [4.78, 5) is 5.08. The Kier molecular flexibility index (Phi) is 9.68. The Balaban J connectivity index is 0.00000300. The summed E-state index contributed by atoms with van der Waals surface area (Å²) >= 11 is 0. The van der Waals surface area contributed by atoms with Gasteiger partial charge >= 0.3 is 0 Å². The minimum Gasteiger partial charge on any atom is -0.357 e. The van der Waals surface area contributed by atoms with Gasteiger partial charge in [0.25, 0.3) is 0 Å². The van der Waals surface area contributed by atoms with Crippen molar-refractivity contribution in [3.63, 3.8) is 0 Å². The van der Waals surface area contributed by atoms with Crippen molar-refractivity contribution in [2.75, 3.05) is 19.6 Å². The second kappa shape index (κ2) is 11.5. The van der Waals surface area contributed by atoms with Crippen molar-refractivity contribution in [1.29, 1.82) is 0 Å². The van der Waals surface area contributed by atoms with Gasteiger partial charge in [0.05, 0.1) is 11.4 Å². The van der Waals surface area contributed by atoms with E-state index in [4.69, 9.17) is 4.99 Å². The van der Waals surface area contributed by atoms with Crippen molar-refractivity contribution in [2.24, 2.45) is 10.9 Å². The quantitative estimate of drug-likeness (QED) is 0.332. The summed E-state index contributed by atoms with van der Waals surface area (Å²) in [6, 6.07) is 7.65. The van der Waals surface area contributed by atoms with Crippen molar-refractivity contribution in [3.8, 4) is 0 Å². The number of benzene rings is 1. The van der Waals surface area contributed by atoms with Crippen LogP contribution >= 0.6 is 24.0 Å². The Bertz CT molecular complexity index is 753. The van der Waals surface area contributed by atoms with Crippen LogP contribution in [0, 0.1) is 5.92 Å². The number of nitrogens with one attached hydrogen (secondary N) is 2. The zero-order chi connectivity index (χ0) is 20.0. The van der Waals surface area contributed by atoms with Crippen molar-refractivity contribution in [1.82, 2.24) is 14.9 Å². The molecule has 0 aromatic heterocycles. The number of hydrogen-bond donors (Lipinski definition) is 2. The van der Waals surface area contributed by atoms with Crippen molar-refractivity contribution in [2.45, 2.75) is 69.9 Å². The maximum atomic E-state index is 12.6. The van der Waals surface area contributed by atoms with Gasteiger partial charge in [-0.05, 0) is 69.1 Å². The minimum atomic E-state index is -3.35. The molecule has 1 aromatic rings. The first-order chi connectivity index (χ1) is 13.5. The first-order valence-corrected chi connectivity index (χ1v) is 12.1. The van der Waals surface area contributed by atoms with E-state index in [2.05, 4.69) is 24.5 Å². The highest BCUT2D eigenvalue weighted by Crippen LogP contribution is 2.23. The summed E-state index contributed by atoms with van der Waals surface area (Å²) in [5, 5.41) is 6.88. The summed E-state index contributed by atoms with van der Waals surface area (Å²) < 4.78 is 26.8. The van der Waals surface area contributed by atoms with Crippen molar-refractivity contribution < 1.29 is 8.42 Å². The third-order valence-corrected chi connectivity index (χ3v) is 7.66. The largest absolute Gasteiger partial charge is 0.357 e. The van der Waals surface area contributed by atoms with Gasteiger partial charge in [-0.2, -0.15) is 4.31 Å². The molecule has 0 amide bonds. The average Bonchev–Trinajstić information content (AvgIpc) is 3.24. The van der Waals surface area contributed by atoms with Crippen LogP contribution in [-0.4, -0.2) is 44.4 Å². The van der Waals surface area contributed by atoms with E-state index in [-0.39, 0.29) is 24.0 Å². The lowest BCUT2D eigenvalue weighted by Crippen LogP contribution is -2.44. The zero-order valence-electron chi connectivity index (χ0n) is 17.6. The first kappa shape index (κ1) is 24.4. The van der Waals surface area contributed by atoms with Crippen LogP contribution in [0.3, 0.4) is 0 Å². The fraction of sp³-hybridized carbons (Fsp3) is 0.667. The highest BCUT2D eigenvalue weighted by atomic mass is 127. The molecule has 0 radical (unpaired) electrons. The summed E-state index contributed by atoms with van der Waals surface area (Å²) in [6.07, 6.45) is 6.82. The molecule has 2 fully saturated rings. The van der Waals surface area contributed by atoms with Gasteiger partial charge in [-0.1, -0.05) is 19.1 Å². The summed E-state index contributed by atoms with van der Waals surface area (Å²) in [7, 11) is -3.35. The molecule has 1 heterocycles. The lowest BCUT2D eigenvalue weighted by Gasteiger charge is -2.28. The second-order valence-electron chi connectivity index (χ2n) is 8.05. The third kappa shape index (κ3) is 6.82. The van der Waals surface area contributed by atoms with E-state index in [1.54, 1.807) is 16.4 Å². The van der Waals surface area contributed by atoms with Gasteiger partial charge in [-0.25, -0.2) is 13.4 Å². The molecule has 3 rings (SSSR count). The van der Waals surface area contributed by atoms with Gasteiger partial charge < -0.3 is 10.6 Å². The van der Waals surface area contributed by atoms with Gasteiger partial charge in [0.15, 0.2) is 5.96 Å². The number of aliphatic imine (C=N–C) groups is 1. The molecule has 1 aromatic carbocycles. The molecular weight excluding hydrogens is 499 g/mol. The molecule has 0 atom stereocenters. The molecule has 29 heavy (non-hydrogen) atoms. The van der Waals surface area contributed by atoms with Crippen molar-refractivity contribution in [3.05, 3.63) is 29.8 Å². The molecular formula is C21H35IN4O2S. The number of sulfonamides is 1. The molecule has 8 heteroatoms. The molecule has 0 unspecified atom stereocenters. The minimum absolute atomic E-state index is 0. The van der Waals surface area contributed by atoms with E-state index in [0.29, 0.717) is 30.6 Å². The van der Waals surface area contributed by atoms with Crippen LogP contribution in [-0.2, 0) is 16.6 Å². The van der Waals surface area contributed by atoms with Crippen molar-refractivity contribution >= 4 is 40.0 Å². The highest BCUT2D eigenvalue weighted by Gasteiger charge is 2.26. The second-order valence-corrected chi connectivity index (χ2v) is 9.99. The van der Waals surface area contributed by atoms with E-state index < -0.39 is 10.0 Å². The Morgan fingerprint density at radius 3 is 2.31 bits per heavy atom. The Morgan fingerprint density at radius 1 is 1.10 bits per heavy atom. The van der Waals surface area contributed by atoms with Gasteiger partial charge in [0.1, 0.15) is 0 Å². The maximum Gasteiger partial charge on any atom is 0.243 e. The molecule has 164 valence electrons. The van der Waals surface area contributed by atoms with Crippen LogP contribution in [0.15, 0.2) is 34.2 Å². The van der Waals surface area contributed by atoms with E-state index in [1.807, 2.05) is 12.1 Å². The highest BCUT2D eigenvalue weighted by molar-refractivity contribution is 14.0. The van der Waals surface area contributed by atoms with Crippen LogP contribution in [0.1, 0.15) is 57.9 Å². The van der Waals surface area contributed by atoms with Gasteiger partial charge in [0.2, 0.25) is 10.0 Å². The van der Waals surface area contributed by atoms with Crippen LogP contribution in [0.25, 0.3) is 0 Å². The molecule has 1 aliphatic carbocycles. The van der Waals surface area contributed by atoms with Gasteiger partial charge in [-0.3, -0.25) is 0 Å². The fourth-order valence-electron chi connectivity index (χ4n) is 3.93. The number of hydrogen-bond acceptors (Lipinski definition) is 3. The summed E-state index contributed by atoms with van der Waals surface area (Å²) in [6.45, 7) is 7.00. The summed E-state index contributed by atoms with van der Waals surface area (Å²) in [5.41, 5.74) is 1.01. The summed E-state index contributed by atoms with van der Waals surface area (Å²) in [5.74, 6) is 1.67. The lowest BCUT2D eigenvalue weighted by atomic mass is 9.87. The maximum absolute atomic E-state index is 12.6. The number of nitrogens with zero attached hydrogens (tertiary/aromatic N) is 2. The number of halogens is 1. The fourth-order valence-corrected chi connectivity index (χ4v) is 5.45.